The molecule has 0 bridgehead atoms. The van der Waals surface area contributed by atoms with Crippen molar-refractivity contribution in [2.24, 2.45) is 12.1 Å². The van der Waals surface area contributed by atoms with Crippen molar-refractivity contribution in [2.75, 3.05) is 36.1 Å². The Labute approximate surface area is 203 Å². The summed E-state index contributed by atoms with van der Waals surface area (Å²) in [5.41, 5.74) is 2.86. The number of pyridine rings is 1. The highest BCUT2D eigenvalue weighted by atomic mass is 16.2. The SMILES string of the molecule is Cc1ncc(NC(=O)CN2CCC[C@@H]2C)cc1Nc1nn(C)c2nc(NC3C=N[N+](C)=C3)ncc12. The summed E-state index contributed by atoms with van der Waals surface area (Å²) in [4.78, 5) is 28.3. The highest BCUT2D eigenvalue weighted by molar-refractivity contribution is 5.94. The van der Waals surface area contributed by atoms with Crippen LogP contribution in [0.4, 0.5) is 23.1 Å². The molecule has 0 saturated carbocycles. The molecule has 3 aromatic rings. The zero-order valence-electron chi connectivity index (χ0n) is 20.4. The number of rotatable bonds is 7. The van der Waals surface area contributed by atoms with Crippen LogP contribution >= 0.6 is 0 Å². The van der Waals surface area contributed by atoms with Gasteiger partial charge in [0.1, 0.15) is 6.21 Å². The summed E-state index contributed by atoms with van der Waals surface area (Å²) < 4.78 is 3.44. The largest absolute Gasteiger partial charge is 0.337 e. The van der Waals surface area contributed by atoms with Gasteiger partial charge in [0.2, 0.25) is 18.1 Å². The molecule has 1 amide bonds. The Morgan fingerprint density at radius 3 is 2.89 bits per heavy atom. The Morgan fingerprint density at radius 1 is 1.29 bits per heavy atom. The summed E-state index contributed by atoms with van der Waals surface area (Å²) in [7, 11) is 3.70. The molecule has 35 heavy (non-hydrogen) atoms. The Morgan fingerprint density at radius 2 is 2.14 bits per heavy atom. The van der Waals surface area contributed by atoms with Crippen LogP contribution in [0.1, 0.15) is 25.5 Å². The number of nitrogens with zero attached hydrogens (tertiary/aromatic N) is 8. The first-order chi connectivity index (χ1) is 16.9. The Bertz CT molecular complexity index is 1330. The predicted octanol–water partition coefficient (Wildman–Crippen LogP) is 1.73. The molecule has 0 aromatic carbocycles. The van der Waals surface area contributed by atoms with Crippen molar-refractivity contribution < 1.29 is 9.48 Å². The maximum atomic E-state index is 12.6. The molecule has 1 saturated heterocycles. The number of fused-ring (bicyclic) bond motifs is 1. The first-order valence-corrected chi connectivity index (χ1v) is 11.7. The molecule has 12 heteroatoms. The number of nitrogens with one attached hydrogen (secondary N) is 3. The standard InChI is InChI=1S/C23H29N11O/c1-14-6-5-7-34(14)13-20(35)27-16-8-19(15(2)24-9-16)29-21-18-11-25-23(30-22(18)33(4)31-21)28-17-10-26-32(3)12-17/h8-12,14,17H,5-7,13H2,1-4H3,(H2-,25,27,28,29,30,31,35)/p+1/t14-,17?/m0/s1. The fraction of sp³-hybridized carbons (Fsp3) is 0.435. The van der Waals surface area contributed by atoms with Gasteiger partial charge in [-0.15, -0.1) is 0 Å². The smallest absolute Gasteiger partial charge is 0.238 e. The number of hydrazone groups is 1. The van der Waals surface area contributed by atoms with E-state index in [4.69, 9.17) is 0 Å². The average Bonchev–Trinajstić information content (AvgIpc) is 3.50. The van der Waals surface area contributed by atoms with Crippen LogP contribution in [0.25, 0.3) is 11.0 Å². The summed E-state index contributed by atoms with van der Waals surface area (Å²) in [5, 5.41) is 19.1. The topological polar surface area (TPSA) is 128 Å². The van der Waals surface area contributed by atoms with Crippen LogP contribution in [0.3, 0.4) is 0 Å². The van der Waals surface area contributed by atoms with Crippen molar-refractivity contribution in [1.29, 1.82) is 0 Å². The second-order valence-electron chi connectivity index (χ2n) is 9.05. The van der Waals surface area contributed by atoms with E-state index in [0.29, 0.717) is 35.7 Å². The minimum atomic E-state index is -0.0661. The third-order valence-electron chi connectivity index (χ3n) is 6.32. The molecular formula is C23H30N11O+. The fourth-order valence-electron chi connectivity index (χ4n) is 4.38. The van der Waals surface area contributed by atoms with E-state index in [1.165, 1.54) is 0 Å². The first kappa shape index (κ1) is 22.8. The van der Waals surface area contributed by atoms with Gasteiger partial charge < -0.3 is 16.0 Å². The van der Waals surface area contributed by atoms with E-state index >= 15 is 0 Å². The van der Waals surface area contributed by atoms with Gasteiger partial charge in [0.25, 0.3) is 0 Å². The van der Waals surface area contributed by atoms with Crippen LogP contribution in [0, 0.1) is 6.92 Å². The van der Waals surface area contributed by atoms with Crippen LogP contribution < -0.4 is 16.0 Å². The number of carbonyl (C=O) groups excluding carboxylic acids is 1. The lowest BCUT2D eigenvalue weighted by atomic mass is 10.2. The van der Waals surface area contributed by atoms with Gasteiger partial charge in [0.15, 0.2) is 24.6 Å². The normalized spacial score (nSPS) is 19.8. The number of amides is 1. The van der Waals surface area contributed by atoms with E-state index < -0.39 is 0 Å². The third kappa shape index (κ3) is 4.97. The van der Waals surface area contributed by atoms with Gasteiger partial charge in [-0.05, 0) is 44.4 Å². The number of aryl methyl sites for hydroxylation is 2. The van der Waals surface area contributed by atoms with E-state index in [0.717, 1.165) is 36.2 Å². The maximum Gasteiger partial charge on any atom is 0.238 e. The van der Waals surface area contributed by atoms with E-state index in [1.807, 2.05) is 33.3 Å². The van der Waals surface area contributed by atoms with Gasteiger partial charge in [0.05, 0.1) is 35.2 Å². The lowest BCUT2D eigenvalue weighted by Crippen LogP contribution is -2.35. The maximum absolute atomic E-state index is 12.6. The lowest BCUT2D eigenvalue weighted by molar-refractivity contribution is -0.494. The number of hydrogen-bond donors (Lipinski definition) is 3. The van der Waals surface area contributed by atoms with Crippen LogP contribution in [-0.4, -0.2) is 84.9 Å². The fourth-order valence-corrected chi connectivity index (χ4v) is 4.38. The molecule has 2 aliphatic rings. The van der Waals surface area contributed by atoms with E-state index in [-0.39, 0.29) is 11.9 Å². The van der Waals surface area contributed by atoms with Crippen molar-refractivity contribution in [3.8, 4) is 0 Å². The third-order valence-corrected chi connectivity index (χ3v) is 6.32. The zero-order valence-corrected chi connectivity index (χ0v) is 20.4. The summed E-state index contributed by atoms with van der Waals surface area (Å²) in [6.45, 7) is 5.41. The van der Waals surface area contributed by atoms with Crippen molar-refractivity contribution in [2.45, 2.75) is 38.8 Å². The van der Waals surface area contributed by atoms with Gasteiger partial charge in [-0.2, -0.15) is 10.1 Å². The van der Waals surface area contributed by atoms with Crippen molar-refractivity contribution in [1.82, 2.24) is 29.6 Å². The molecule has 1 fully saturated rings. The number of likely N-dealkylation sites (tertiary alicyclic amines) is 1. The zero-order chi connectivity index (χ0) is 24.5. The minimum Gasteiger partial charge on any atom is -0.337 e. The molecule has 3 N–H and O–H groups in total. The van der Waals surface area contributed by atoms with Gasteiger partial charge in [-0.1, -0.05) is 4.68 Å². The Hall–Kier alpha value is -3.93. The molecule has 3 aromatic heterocycles. The summed E-state index contributed by atoms with van der Waals surface area (Å²) in [5.74, 6) is 1.06. The van der Waals surface area contributed by atoms with Crippen molar-refractivity contribution >= 4 is 52.5 Å². The molecule has 12 nitrogen and oxygen atoms in total. The molecular weight excluding hydrogens is 446 g/mol. The Kier molecular flexibility index (Phi) is 6.12. The van der Waals surface area contributed by atoms with Crippen molar-refractivity contribution in [3.63, 3.8) is 0 Å². The quantitative estimate of drug-likeness (QED) is 0.440. The van der Waals surface area contributed by atoms with E-state index in [1.54, 1.807) is 28.0 Å². The van der Waals surface area contributed by atoms with Gasteiger partial charge >= 0.3 is 0 Å². The number of aromatic nitrogens is 5. The highest BCUT2D eigenvalue weighted by Gasteiger charge is 2.22. The molecule has 182 valence electrons. The van der Waals surface area contributed by atoms with Crippen LogP contribution in [-0.2, 0) is 11.8 Å². The summed E-state index contributed by atoms with van der Waals surface area (Å²) in [6, 6.07) is 2.25. The summed E-state index contributed by atoms with van der Waals surface area (Å²) in [6.07, 6.45) is 9.40. The molecule has 0 spiro atoms. The second kappa shape index (κ2) is 9.37. The number of hydrogen-bond acceptors (Lipinski definition) is 9. The van der Waals surface area contributed by atoms with Crippen LogP contribution in [0.15, 0.2) is 23.6 Å². The van der Waals surface area contributed by atoms with Gasteiger partial charge in [0, 0.05) is 19.3 Å². The predicted molar refractivity (Wildman–Crippen MR) is 136 cm³/mol. The molecule has 2 aliphatic heterocycles. The van der Waals surface area contributed by atoms with Crippen LogP contribution in [0.2, 0.25) is 0 Å². The molecule has 2 atom stereocenters. The molecule has 5 heterocycles. The number of carbonyl (C=O) groups is 1. The highest BCUT2D eigenvalue weighted by Crippen LogP contribution is 2.27. The van der Waals surface area contributed by atoms with Gasteiger partial charge in [-0.25, -0.2) is 9.67 Å². The van der Waals surface area contributed by atoms with E-state index in [2.05, 4.69) is 52.9 Å². The van der Waals surface area contributed by atoms with Crippen molar-refractivity contribution in [3.05, 3.63) is 24.2 Å². The van der Waals surface area contributed by atoms with E-state index in [9.17, 15) is 4.79 Å². The van der Waals surface area contributed by atoms with Gasteiger partial charge in [-0.3, -0.25) is 14.7 Å². The Balaban J connectivity index is 1.32. The van der Waals surface area contributed by atoms with Crippen LogP contribution in [0.5, 0.6) is 0 Å². The summed E-state index contributed by atoms with van der Waals surface area (Å²) >= 11 is 0. The molecule has 0 radical (unpaired) electrons. The second-order valence-corrected chi connectivity index (χ2v) is 9.05. The lowest BCUT2D eigenvalue weighted by Gasteiger charge is -2.20. The monoisotopic (exact) mass is 476 g/mol. The molecule has 0 aliphatic carbocycles. The number of anilines is 4. The molecule has 5 rings (SSSR count). The first-order valence-electron chi connectivity index (χ1n) is 11.7. The molecule has 1 unspecified atom stereocenters. The average molecular weight is 477 g/mol. The minimum absolute atomic E-state index is 0.0391.